The maximum Gasteiger partial charge on any atom is 0.215 e. The maximum absolute atomic E-state index is 12.7. The first-order valence-corrected chi connectivity index (χ1v) is 16.9. The molecule has 38 heavy (non-hydrogen) atoms. The molecule has 0 aliphatic carbocycles. The predicted octanol–water partition coefficient (Wildman–Crippen LogP) is 0.874. The van der Waals surface area contributed by atoms with Gasteiger partial charge in [-0.2, -0.15) is 4.31 Å². The van der Waals surface area contributed by atoms with Gasteiger partial charge >= 0.3 is 0 Å². The number of methoxy groups -OCH3 is 1. The second-order valence-electron chi connectivity index (χ2n) is 9.96. The maximum atomic E-state index is 12.7. The molecule has 1 aromatic carbocycles. The number of unbranched alkanes of at least 4 members (excludes halogenated alkanes) is 1. The van der Waals surface area contributed by atoms with Gasteiger partial charge in [-0.05, 0) is 63.5 Å². The molecule has 0 bridgehead atoms. The third kappa shape index (κ3) is 10.6. The second-order valence-corrected chi connectivity index (χ2v) is 14.1. The Balaban J connectivity index is 1.77. The number of sulfonamides is 1. The zero-order valence-corrected chi connectivity index (χ0v) is 25.0. The van der Waals surface area contributed by atoms with Crippen LogP contribution in [0.15, 0.2) is 29.2 Å². The summed E-state index contributed by atoms with van der Waals surface area (Å²) in [6.07, 6.45) is 4.82. The third-order valence-electron chi connectivity index (χ3n) is 7.12. The lowest BCUT2D eigenvalue weighted by atomic mass is 10.1. The molecule has 2 atom stereocenters. The van der Waals surface area contributed by atoms with Crippen molar-refractivity contribution in [1.82, 2.24) is 19.4 Å². The molecular weight excluding hydrogens is 528 g/mol. The number of hydrogen-bond donors (Lipinski definition) is 1. The number of ether oxygens (including phenoxy) is 1. The summed E-state index contributed by atoms with van der Waals surface area (Å²) in [5.41, 5.74) is 1.11. The predicted molar refractivity (Wildman–Crippen MR) is 151 cm³/mol. The Morgan fingerprint density at radius 3 is 2.45 bits per heavy atom. The molecule has 0 aromatic heterocycles. The lowest BCUT2D eigenvalue weighted by molar-refractivity contribution is -0.113. The average Bonchev–Trinajstić information content (AvgIpc) is 2.88. The number of nitrogens with one attached hydrogen (secondary N) is 1. The molecule has 1 fully saturated rings. The fourth-order valence-corrected chi connectivity index (χ4v) is 6.80. The van der Waals surface area contributed by atoms with E-state index in [0.29, 0.717) is 43.7 Å². The Kier molecular flexibility index (Phi) is 13.8. The number of carbonyl (C=O) groups excluding carboxylic acids is 1. The smallest absolute Gasteiger partial charge is 0.215 e. The van der Waals surface area contributed by atoms with E-state index in [1.54, 1.807) is 19.2 Å². The summed E-state index contributed by atoms with van der Waals surface area (Å²) in [6, 6.07) is 7.00. The minimum absolute atomic E-state index is 0.00910. The van der Waals surface area contributed by atoms with E-state index in [1.807, 2.05) is 12.1 Å². The van der Waals surface area contributed by atoms with Gasteiger partial charge in [0.2, 0.25) is 10.0 Å². The Bertz CT molecular complexity index is 1050. The van der Waals surface area contributed by atoms with Crippen LogP contribution < -0.4 is 5.32 Å². The second kappa shape index (κ2) is 16.0. The Hall–Kier alpha value is -1.41. The molecule has 0 radical (unpaired) electrons. The summed E-state index contributed by atoms with van der Waals surface area (Å²) in [5, 5.41) is 3.06. The highest BCUT2D eigenvalue weighted by Crippen LogP contribution is 2.16. The van der Waals surface area contributed by atoms with E-state index < -0.39 is 25.9 Å². The molecule has 1 N–H and O–H groups in total. The summed E-state index contributed by atoms with van der Waals surface area (Å²) < 4.78 is 55.2. The normalized spacial score (nSPS) is 18.6. The minimum Gasteiger partial charge on any atom is -0.383 e. The first-order valence-electron chi connectivity index (χ1n) is 13.4. The van der Waals surface area contributed by atoms with Crippen LogP contribution in [0.5, 0.6) is 0 Å². The van der Waals surface area contributed by atoms with Crippen LogP contribution in [0.4, 0.5) is 0 Å². The molecular formula is C26H46N4O6S2. The molecule has 2 rings (SSSR count). The largest absolute Gasteiger partial charge is 0.383 e. The summed E-state index contributed by atoms with van der Waals surface area (Å²) in [5.74, 6) is 0.00910. The van der Waals surface area contributed by atoms with Gasteiger partial charge in [0.1, 0.15) is 6.29 Å². The van der Waals surface area contributed by atoms with Crippen LogP contribution in [0, 0.1) is 0 Å². The van der Waals surface area contributed by atoms with Crippen molar-refractivity contribution < 1.29 is 26.4 Å². The van der Waals surface area contributed by atoms with Gasteiger partial charge in [-0.1, -0.05) is 19.1 Å². The van der Waals surface area contributed by atoms with Gasteiger partial charge in [-0.3, -0.25) is 4.90 Å². The van der Waals surface area contributed by atoms with Crippen molar-refractivity contribution in [1.29, 1.82) is 0 Å². The number of sulfone groups is 1. The standard InChI is InChI=1S/C26H46N4O6S2/c1-5-28(23(2)20-24-8-10-26(11-9-24)37(4,32)33)14-6-7-15-29-16-17-30(21-25(29)22-31)38(34,35)19-13-27-12-18-36-3/h8-11,22-23,25,27H,5-7,12-21H2,1-4H3. The van der Waals surface area contributed by atoms with E-state index in [4.69, 9.17) is 4.74 Å². The zero-order valence-electron chi connectivity index (χ0n) is 23.3. The first-order chi connectivity index (χ1) is 18.0. The number of likely N-dealkylation sites (N-methyl/N-ethyl adjacent to an activating group) is 1. The van der Waals surface area contributed by atoms with Crippen LogP contribution in [0.25, 0.3) is 0 Å². The van der Waals surface area contributed by atoms with Gasteiger partial charge in [-0.15, -0.1) is 0 Å². The fourth-order valence-electron chi connectivity index (χ4n) is 4.77. The SMILES string of the molecule is CCN(CCCCN1CCN(S(=O)(=O)CCNCCOC)CC1C=O)C(C)Cc1ccc(S(C)(=O)=O)cc1. The quantitative estimate of drug-likeness (QED) is 0.201. The summed E-state index contributed by atoms with van der Waals surface area (Å²) >= 11 is 0. The Labute approximate surface area is 229 Å². The molecule has 0 amide bonds. The molecule has 1 aliphatic heterocycles. The van der Waals surface area contributed by atoms with E-state index in [9.17, 15) is 21.6 Å². The van der Waals surface area contributed by atoms with Gasteiger partial charge in [0.15, 0.2) is 9.84 Å². The monoisotopic (exact) mass is 574 g/mol. The van der Waals surface area contributed by atoms with Gasteiger partial charge in [0, 0.05) is 52.1 Å². The first kappa shape index (κ1) is 32.8. The molecule has 10 nitrogen and oxygen atoms in total. The van der Waals surface area contributed by atoms with E-state index in [2.05, 4.69) is 29.0 Å². The van der Waals surface area contributed by atoms with Crippen LogP contribution in [-0.2, 0) is 35.8 Å². The molecule has 1 heterocycles. The highest BCUT2D eigenvalue weighted by atomic mass is 32.2. The van der Waals surface area contributed by atoms with Crippen LogP contribution in [-0.4, -0.2) is 127 Å². The molecule has 1 saturated heterocycles. The molecule has 1 aromatic rings. The van der Waals surface area contributed by atoms with Gasteiger partial charge < -0.3 is 19.7 Å². The van der Waals surface area contributed by atoms with Crippen molar-refractivity contribution in [3.63, 3.8) is 0 Å². The highest BCUT2D eigenvalue weighted by Gasteiger charge is 2.32. The zero-order chi connectivity index (χ0) is 28.2. The Morgan fingerprint density at radius 1 is 1.13 bits per heavy atom. The molecule has 218 valence electrons. The average molecular weight is 575 g/mol. The Morgan fingerprint density at radius 2 is 1.84 bits per heavy atom. The van der Waals surface area contributed by atoms with E-state index in [1.165, 1.54) is 10.6 Å². The fraction of sp³-hybridized carbons (Fsp3) is 0.731. The van der Waals surface area contributed by atoms with Gasteiger partial charge in [0.05, 0.1) is 23.3 Å². The summed E-state index contributed by atoms with van der Waals surface area (Å²) in [6.45, 7) is 9.57. The van der Waals surface area contributed by atoms with Crippen molar-refractivity contribution in [3.8, 4) is 0 Å². The van der Waals surface area contributed by atoms with E-state index in [0.717, 1.165) is 50.7 Å². The number of nitrogens with zero attached hydrogens (tertiary/aromatic N) is 3. The molecule has 2 unspecified atom stereocenters. The van der Waals surface area contributed by atoms with Gasteiger partial charge in [-0.25, -0.2) is 16.8 Å². The van der Waals surface area contributed by atoms with E-state index >= 15 is 0 Å². The lowest BCUT2D eigenvalue weighted by Gasteiger charge is -2.38. The van der Waals surface area contributed by atoms with Crippen molar-refractivity contribution in [3.05, 3.63) is 29.8 Å². The van der Waals surface area contributed by atoms with Gasteiger partial charge in [0.25, 0.3) is 0 Å². The topological polar surface area (TPSA) is 116 Å². The number of piperazine rings is 1. The van der Waals surface area contributed by atoms with Crippen LogP contribution in [0.1, 0.15) is 32.3 Å². The van der Waals surface area contributed by atoms with E-state index in [-0.39, 0.29) is 12.3 Å². The van der Waals surface area contributed by atoms with Crippen molar-refractivity contribution in [2.45, 2.75) is 50.1 Å². The summed E-state index contributed by atoms with van der Waals surface area (Å²) in [7, 11) is -5.00. The minimum atomic E-state index is -3.41. The number of rotatable bonds is 18. The molecule has 1 aliphatic rings. The third-order valence-corrected chi connectivity index (χ3v) is 10.1. The lowest BCUT2D eigenvalue weighted by Crippen LogP contribution is -2.56. The highest BCUT2D eigenvalue weighted by molar-refractivity contribution is 7.90. The van der Waals surface area contributed by atoms with Crippen molar-refractivity contribution in [2.24, 2.45) is 0 Å². The molecule has 0 saturated carbocycles. The molecule has 0 spiro atoms. The van der Waals surface area contributed by atoms with Crippen molar-refractivity contribution in [2.75, 3.05) is 78.1 Å². The number of aldehydes is 1. The molecule has 12 heteroatoms. The number of carbonyl (C=O) groups is 1. The number of benzene rings is 1. The summed E-state index contributed by atoms with van der Waals surface area (Å²) in [4.78, 5) is 16.6. The van der Waals surface area contributed by atoms with Crippen LogP contribution in [0.3, 0.4) is 0 Å². The van der Waals surface area contributed by atoms with Crippen LogP contribution in [0.2, 0.25) is 0 Å². The van der Waals surface area contributed by atoms with Crippen molar-refractivity contribution >= 4 is 26.1 Å². The number of hydrogen-bond acceptors (Lipinski definition) is 9. The van der Waals surface area contributed by atoms with Crippen LogP contribution >= 0.6 is 0 Å².